The van der Waals surface area contributed by atoms with E-state index in [0.717, 1.165) is 28.8 Å². The van der Waals surface area contributed by atoms with Crippen molar-refractivity contribution in [3.05, 3.63) is 83.4 Å². The van der Waals surface area contributed by atoms with E-state index in [2.05, 4.69) is 5.32 Å². The summed E-state index contributed by atoms with van der Waals surface area (Å²) in [4.78, 5) is 13.1. The van der Waals surface area contributed by atoms with Crippen molar-refractivity contribution in [2.24, 2.45) is 0 Å². The number of methoxy groups -OCH3 is 2. The molecule has 1 N–H and O–H groups in total. The van der Waals surface area contributed by atoms with Gasteiger partial charge in [-0.05, 0) is 42.2 Å². The van der Waals surface area contributed by atoms with Crippen molar-refractivity contribution in [3.63, 3.8) is 0 Å². The molecule has 0 atom stereocenters. The fourth-order valence-electron chi connectivity index (χ4n) is 3.68. The number of carbonyl (C=O) groups excluding carboxylic acids is 1. The second-order valence-corrected chi connectivity index (χ2v) is 9.72. The van der Waals surface area contributed by atoms with E-state index in [1.165, 1.54) is 36.7 Å². The molecule has 1 amide bonds. The molecule has 0 aliphatic heterocycles. The van der Waals surface area contributed by atoms with Crippen LogP contribution in [0.25, 0.3) is 0 Å². The Hall–Kier alpha value is -3.36. The summed E-state index contributed by atoms with van der Waals surface area (Å²) >= 11 is 0. The largest absolute Gasteiger partial charge is 0.493 e. The first kappa shape index (κ1) is 25.3. The van der Waals surface area contributed by atoms with Gasteiger partial charge in [0.1, 0.15) is 0 Å². The second kappa shape index (κ2) is 11.2. The molecule has 0 unspecified atom stereocenters. The minimum atomic E-state index is -4.03. The van der Waals surface area contributed by atoms with Crippen LogP contribution in [-0.2, 0) is 27.8 Å². The van der Waals surface area contributed by atoms with Crippen LogP contribution in [0.15, 0.2) is 71.6 Å². The lowest BCUT2D eigenvalue weighted by Gasteiger charge is -2.23. The highest BCUT2D eigenvalue weighted by molar-refractivity contribution is 7.89. The SMILES string of the molecule is CCc1cccc(C)c1NC(=O)CN(Cc1ccccc1)S(=O)(=O)c1ccc(OC)c(OC)c1. The summed E-state index contributed by atoms with van der Waals surface area (Å²) in [5.74, 6) is 0.296. The molecular formula is C26H30N2O5S. The molecule has 0 saturated heterocycles. The fraction of sp³-hybridized carbons (Fsp3) is 0.269. The molecule has 0 radical (unpaired) electrons. The van der Waals surface area contributed by atoms with E-state index >= 15 is 0 Å². The molecule has 0 fully saturated rings. The van der Waals surface area contributed by atoms with Gasteiger partial charge in [-0.1, -0.05) is 55.5 Å². The monoisotopic (exact) mass is 482 g/mol. The predicted octanol–water partition coefficient (Wildman–Crippen LogP) is 4.40. The first-order valence-electron chi connectivity index (χ1n) is 10.9. The van der Waals surface area contributed by atoms with Crippen molar-refractivity contribution in [1.82, 2.24) is 4.31 Å². The Bertz CT molecular complexity index is 1240. The molecule has 3 rings (SSSR count). The van der Waals surface area contributed by atoms with Gasteiger partial charge in [-0.2, -0.15) is 4.31 Å². The molecule has 3 aromatic carbocycles. The zero-order valence-corrected chi connectivity index (χ0v) is 20.7. The highest BCUT2D eigenvalue weighted by Crippen LogP contribution is 2.31. The van der Waals surface area contributed by atoms with Crippen LogP contribution in [0.4, 0.5) is 5.69 Å². The highest BCUT2D eigenvalue weighted by atomic mass is 32.2. The first-order valence-corrected chi connectivity index (χ1v) is 12.4. The number of aryl methyl sites for hydroxylation is 2. The number of hydrogen-bond donors (Lipinski definition) is 1. The molecule has 0 heterocycles. The Balaban J connectivity index is 1.95. The number of amides is 1. The maximum Gasteiger partial charge on any atom is 0.243 e. The van der Waals surface area contributed by atoms with Crippen LogP contribution in [0.2, 0.25) is 0 Å². The summed E-state index contributed by atoms with van der Waals surface area (Å²) in [7, 11) is -1.11. The number of nitrogens with one attached hydrogen (secondary N) is 1. The summed E-state index contributed by atoms with van der Waals surface area (Å²) in [6.45, 7) is 3.62. The van der Waals surface area contributed by atoms with Gasteiger partial charge in [-0.3, -0.25) is 4.79 Å². The van der Waals surface area contributed by atoms with E-state index in [9.17, 15) is 13.2 Å². The number of rotatable bonds is 10. The molecule has 7 nitrogen and oxygen atoms in total. The van der Waals surface area contributed by atoms with Gasteiger partial charge in [0.25, 0.3) is 0 Å². The van der Waals surface area contributed by atoms with Gasteiger partial charge >= 0.3 is 0 Å². The van der Waals surface area contributed by atoms with E-state index in [1.54, 1.807) is 0 Å². The van der Waals surface area contributed by atoms with Gasteiger partial charge in [0.15, 0.2) is 11.5 Å². The Morgan fingerprint density at radius 2 is 1.65 bits per heavy atom. The smallest absolute Gasteiger partial charge is 0.243 e. The lowest BCUT2D eigenvalue weighted by atomic mass is 10.1. The number of hydrogen-bond acceptors (Lipinski definition) is 5. The van der Waals surface area contributed by atoms with E-state index in [1.807, 2.05) is 62.4 Å². The van der Waals surface area contributed by atoms with E-state index in [0.29, 0.717) is 11.5 Å². The molecule has 0 aliphatic carbocycles. The first-order chi connectivity index (χ1) is 16.3. The summed E-state index contributed by atoms with van der Waals surface area (Å²) in [5.41, 5.74) is 3.40. The van der Waals surface area contributed by atoms with E-state index in [-0.39, 0.29) is 18.0 Å². The summed E-state index contributed by atoms with van der Waals surface area (Å²) in [6.07, 6.45) is 0.745. The number of benzene rings is 3. The molecule has 180 valence electrons. The zero-order valence-electron chi connectivity index (χ0n) is 19.9. The number of ether oxygens (including phenoxy) is 2. The van der Waals surface area contributed by atoms with Crippen LogP contribution in [0.1, 0.15) is 23.6 Å². The quantitative estimate of drug-likeness (QED) is 0.463. The third kappa shape index (κ3) is 5.76. The Morgan fingerprint density at radius 3 is 2.29 bits per heavy atom. The normalized spacial score (nSPS) is 11.3. The van der Waals surface area contributed by atoms with Gasteiger partial charge in [0.2, 0.25) is 15.9 Å². The molecule has 3 aromatic rings. The molecule has 34 heavy (non-hydrogen) atoms. The maximum absolute atomic E-state index is 13.6. The third-order valence-electron chi connectivity index (χ3n) is 5.52. The minimum Gasteiger partial charge on any atom is -0.493 e. The molecule has 0 bridgehead atoms. The number of carbonyl (C=O) groups is 1. The number of sulfonamides is 1. The zero-order chi connectivity index (χ0) is 24.7. The van der Waals surface area contributed by atoms with E-state index in [4.69, 9.17) is 9.47 Å². The van der Waals surface area contributed by atoms with Crippen LogP contribution in [0.5, 0.6) is 11.5 Å². The third-order valence-corrected chi connectivity index (χ3v) is 7.31. The molecule has 0 saturated carbocycles. The fourth-order valence-corrected chi connectivity index (χ4v) is 5.08. The van der Waals surface area contributed by atoms with Crippen LogP contribution < -0.4 is 14.8 Å². The van der Waals surface area contributed by atoms with Crippen LogP contribution >= 0.6 is 0 Å². The molecule has 0 aromatic heterocycles. The Morgan fingerprint density at radius 1 is 0.941 bits per heavy atom. The van der Waals surface area contributed by atoms with Crippen molar-refractivity contribution in [2.45, 2.75) is 31.7 Å². The van der Waals surface area contributed by atoms with Crippen LogP contribution in [-0.4, -0.2) is 39.4 Å². The second-order valence-electron chi connectivity index (χ2n) is 7.79. The van der Waals surface area contributed by atoms with Crippen molar-refractivity contribution in [1.29, 1.82) is 0 Å². The van der Waals surface area contributed by atoms with Gasteiger partial charge in [-0.15, -0.1) is 0 Å². The molecule has 0 spiro atoms. The van der Waals surface area contributed by atoms with Crippen molar-refractivity contribution in [2.75, 3.05) is 26.1 Å². The minimum absolute atomic E-state index is 0.0130. The topological polar surface area (TPSA) is 84.9 Å². The summed E-state index contributed by atoms with van der Waals surface area (Å²) in [5, 5.41) is 2.92. The number of para-hydroxylation sites is 1. The van der Waals surface area contributed by atoms with Crippen molar-refractivity contribution < 1.29 is 22.7 Å². The van der Waals surface area contributed by atoms with Gasteiger partial charge < -0.3 is 14.8 Å². The lowest BCUT2D eigenvalue weighted by Crippen LogP contribution is -2.37. The average molecular weight is 483 g/mol. The van der Waals surface area contributed by atoms with Crippen LogP contribution in [0, 0.1) is 6.92 Å². The molecule has 8 heteroatoms. The average Bonchev–Trinajstić information content (AvgIpc) is 2.85. The standard InChI is InChI=1S/C26H30N2O5S/c1-5-21-13-9-10-19(2)26(21)27-25(29)18-28(17-20-11-7-6-8-12-20)34(30,31)22-14-15-23(32-3)24(16-22)33-4/h6-16H,5,17-18H2,1-4H3,(H,27,29). The highest BCUT2D eigenvalue weighted by Gasteiger charge is 2.28. The van der Waals surface area contributed by atoms with Crippen LogP contribution in [0.3, 0.4) is 0 Å². The Kier molecular flexibility index (Phi) is 8.31. The lowest BCUT2D eigenvalue weighted by molar-refractivity contribution is -0.116. The maximum atomic E-state index is 13.6. The van der Waals surface area contributed by atoms with Crippen molar-refractivity contribution in [3.8, 4) is 11.5 Å². The van der Waals surface area contributed by atoms with Gasteiger partial charge in [0.05, 0.1) is 25.7 Å². The number of nitrogens with zero attached hydrogens (tertiary/aromatic N) is 1. The Labute approximate surface area is 201 Å². The van der Waals surface area contributed by atoms with E-state index < -0.39 is 15.9 Å². The predicted molar refractivity (Wildman–Crippen MR) is 133 cm³/mol. The molecular weight excluding hydrogens is 452 g/mol. The summed E-state index contributed by atoms with van der Waals surface area (Å²) in [6, 6.07) is 19.4. The van der Waals surface area contributed by atoms with Gasteiger partial charge in [-0.25, -0.2) is 8.42 Å². The molecule has 0 aliphatic rings. The van der Waals surface area contributed by atoms with Gasteiger partial charge in [0, 0.05) is 18.3 Å². The summed E-state index contributed by atoms with van der Waals surface area (Å²) < 4.78 is 38.9. The number of anilines is 1. The van der Waals surface area contributed by atoms with Crippen molar-refractivity contribution >= 4 is 21.6 Å².